The maximum Gasteiger partial charge on any atom is 0.133 e. The van der Waals surface area contributed by atoms with Crippen molar-refractivity contribution in [3.05, 3.63) is 53.2 Å². The number of rotatable bonds is 5. The number of pyridine rings is 1. The number of anilines is 2. The van der Waals surface area contributed by atoms with E-state index in [-0.39, 0.29) is 0 Å². The highest BCUT2D eigenvalue weighted by Crippen LogP contribution is 2.26. The summed E-state index contributed by atoms with van der Waals surface area (Å²) < 4.78 is 0. The molecule has 0 saturated carbocycles. The lowest BCUT2D eigenvalue weighted by molar-refractivity contribution is 0.870. The number of hydrogen-bond donors (Lipinski definition) is 1. The van der Waals surface area contributed by atoms with E-state index in [1.807, 2.05) is 0 Å². The third-order valence-corrected chi connectivity index (χ3v) is 3.49. The Hall–Kier alpha value is -1.87. The zero-order valence-electron chi connectivity index (χ0n) is 12.6. The lowest BCUT2D eigenvalue weighted by Crippen LogP contribution is -2.14. The number of aromatic nitrogens is 1. The van der Waals surface area contributed by atoms with Crippen molar-refractivity contribution in [2.24, 2.45) is 5.73 Å². The van der Waals surface area contributed by atoms with Crippen LogP contribution in [0.25, 0.3) is 0 Å². The molecule has 0 radical (unpaired) electrons. The van der Waals surface area contributed by atoms with Gasteiger partial charge in [-0.15, -0.1) is 0 Å². The summed E-state index contributed by atoms with van der Waals surface area (Å²) in [5, 5.41) is 0. The van der Waals surface area contributed by atoms with E-state index in [0.29, 0.717) is 6.54 Å². The number of hydrogen-bond acceptors (Lipinski definition) is 3. The van der Waals surface area contributed by atoms with Crippen LogP contribution in [0.3, 0.4) is 0 Å². The van der Waals surface area contributed by atoms with Gasteiger partial charge in [-0.25, -0.2) is 4.98 Å². The van der Waals surface area contributed by atoms with Gasteiger partial charge in [0.2, 0.25) is 0 Å². The molecule has 0 spiro atoms. The lowest BCUT2D eigenvalue weighted by atomic mass is 10.1. The molecule has 0 amide bonds. The first kappa shape index (κ1) is 14.5. The minimum absolute atomic E-state index is 0.549. The largest absolute Gasteiger partial charge is 0.329 e. The van der Waals surface area contributed by atoms with Crippen molar-refractivity contribution in [3.63, 3.8) is 0 Å². The fourth-order valence-corrected chi connectivity index (χ4v) is 2.37. The molecule has 0 atom stereocenters. The van der Waals surface area contributed by atoms with E-state index in [1.54, 1.807) is 0 Å². The van der Waals surface area contributed by atoms with E-state index < -0.39 is 0 Å². The van der Waals surface area contributed by atoms with Crippen LogP contribution in [0.4, 0.5) is 11.5 Å². The van der Waals surface area contributed by atoms with Crippen LogP contribution in [-0.4, -0.2) is 12.0 Å². The molecule has 3 nitrogen and oxygen atoms in total. The average molecular weight is 269 g/mol. The second-order valence-electron chi connectivity index (χ2n) is 5.12. The lowest BCUT2D eigenvalue weighted by Gasteiger charge is -2.22. The van der Waals surface area contributed by atoms with E-state index in [1.165, 1.54) is 11.3 Å². The molecule has 1 heterocycles. The fraction of sp³-hybridized carbons (Fsp3) is 0.353. The van der Waals surface area contributed by atoms with Gasteiger partial charge in [-0.2, -0.15) is 0 Å². The molecular weight excluding hydrogens is 246 g/mol. The summed E-state index contributed by atoms with van der Waals surface area (Å²) in [4.78, 5) is 6.89. The van der Waals surface area contributed by atoms with Gasteiger partial charge in [0, 0.05) is 25.0 Å². The van der Waals surface area contributed by atoms with Crippen LogP contribution >= 0.6 is 0 Å². The summed E-state index contributed by atoms with van der Waals surface area (Å²) in [6, 6.07) is 12.5. The molecular formula is C17H23N3. The van der Waals surface area contributed by atoms with Gasteiger partial charge in [-0.05, 0) is 42.7 Å². The normalized spacial score (nSPS) is 10.6. The highest BCUT2D eigenvalue weighted by atomic mass is 15.2. The molecule has 1 aromatic heterocycles. The molecule has 0 bridgehead atoms. The second-order valence-corrected chi connectivity index (χ2v) is 5.12. The van der Waals surface area contributed by atoms with E-state index in [9.17, 15) is 0 Å². The van der Waals surface area contributed by atoms with E-state index in [2.05, 4.69) is 62.2 Å². The van der Waals surface area contributed by atoms with Gasteiger partial charge >= 0.3 is 0 Å². The predicted octanol–water partition coefficient (Wildman–Crippen LogP) is 3.57. The first-order valence-corrected chi connectivity index (χ1v) is 7.15. The van der Waals surface area contributed by atoms with Crippen LogP contribution in [0.1, 0.15) is 30.2 Å². The number of nitrogens with two attached hydrogens (primary N) is 1. The predicted molar refractivity (Wildman–Crippen MR) is 85.4 cm³/mol. The number of para-hydroxylation sites is 1. The Morgan fingerprint density at radius 3 is 2.60 bits per heavy atom. The summed E-state index contributed by atoms with van der Waals surface area (Å²) in [5.41, 5.74) is 10.5. The SMILES string of the molecule is CCCc1cc(CN)cc(N(C)c2ccccc2C)n1. The highest BCUT2D eigenvalue weighted by molar-refractivity contribution is 5.63. The molecule has 3 heteroatoms. The third-order valence-electron chi connectivity index (χ3n) is 3.49. The summed E-state index contributed by atoms with van der Waals surface area (Å²) in [5.74, 6) is 0.964. The molecule has 0 aliphatic heterocycles. The smallest absolute Gasteiger partial charge is 0.133 e. The minimum atomic E-state index is 0.549. The maximum atomic E-state index is 5.81. The number of aryl methyl sites for hydroxylation is 2. The molecule has 0 aliphatic rings. The monoisotopic (exact) mass is 269 g/mol. The van der Waals surface area contributed by atoms with Gasteiger partial charge in [0.1, 0.15) is 5.82 Å². The van der Waals surface area contributed by atoms with Gasteiger partial charge in [-0.1, -0.05) is 31.5 Å². The first-order valence-electron chi connectivity index (χ1n) is 7.15. The molecule has 20 heavy (non-hydrogen) atoms. The van der Waals surface area contributed by atoms with Crippen molar-refractivity contribution in [3.8, 4) is 0 Å². The summed E-state index contributed by atoms with van der Waals surface area (Å²) in [7, 11) is 2.06. The average Bonchev–Trinajstić information content (AvgIpc) is 2.47. The van der Waals surface area contributed by atoms with Gasteiger partial charge < -0.3 is 10.6 Å². The van der Waals surface area contributed by atoms with E-state index in [4.69, 9.17) is 10.7 Å². The number of benzene rings is 1. The quantitative estimate of drug-likeness (QED) is 0.902. The summed E-state index contributed by atoms with van der Waals surface area (Å²) >= 11 is 0. The molecule has 1 aromatic carbocycles. The Bertz CT molecular complexity index is 578. The topological polar surface area (TPSA) is 42.1 Å². The van der Waals surface area contributed by atoms with Gasteiger partial charge in [-0.3, -0.25) is 0 Å². The Balaban J connectivity index is 2.40. The molecule has 106 valence electrons. The van der Waals surface area contributed by atoms with Crippen LogP contribution in [0.15, 0.2) is 36.4 Å². The van der Waals surface area contributed by atoms with Crippen molar-refractivity contribution in [2.75, 3.05) is 11.9 Å². The van der Waals surface area contributed by atoms with E-state index in [0.717, 1.165) is 29.9 Å². The Labute approximate surface area is 121 Å². The second kappa shape index (κ2) is 6.53. The summed E-state index contributed by atoms with van der Waals surface area (Å²) in [6.07, 6.45) is 2.08. The standard InChI is InChI=1S/C17H23N3/c1-4-7-15-10-14(12-18)11-17(19-15)20(3)16-9-6-5-8-13(16)2/h5-6,8-11H,4,7,12,18H2,1-3H3. The molecule has 2 aromatic rings. The van der Waals surface area contributed by atoms with Crippen LogP contribution in [0, 0.1) is 6.92 Å². The zero-order chi connectivity index (χ0) is 14.5. The molecule has 0 unspecified atom stereocenters. The maximum absolute atomic E-state index is 5.81. The van der Waals surface area contributed by atoms with Crippen LogP contribution < -0.4 is 10.6 Å². The Kier molecular flexibility index (Phi) is 4.74. The third kappa shape index (κ3) is 3.17. The van der Waals surface area contributed by atoms with E-state index >= 15 is 0 Å². The number of nitrogens with zero attached hydrogens (tertiary/aromatic N) is 2. The molecule has 0 aliphatic carbocycles. The van der Waals surface area contributed by atoms with Crippen LogP contribution in [0.2, 0.25) is 0 Å². The molecule has 0 fully saturated rings. The Morgan fingerprint density at radius 1 is 1.20 bits per heavy atom. The van der Waals surface area contributed by atoms with Crippen molar-refractivity contribution in [1.82, 2.24) is 4.98 Å². The van der Waals surface area contributed by atoms with Crippen molar-refractivity contribution in [2.45, 2.75) is 33.2 Å². The minimum Gasteiger partial charge on any atom is -0.329 e. The van der Waals surface area contributed by atoms with Crippen molar-refractivity contribution < 1.29 is 0 Å². The van der Waals surface area contributed by atoms with Crippen molar-refractivity contribution >= 4 is 11.5 Å². The molecule has 2 N–H and O–H groups in total. The van der Waals surface area contributed by atoms with Crippen LogP contribution in [-0.2, 0) is 13.0 Å². The first-order chi connectivity index (χ1) is 9.65. The van der Waals surface area contributed by atoms with Gasteiger partial charge in [0.25, 0.3) is 0 Å². The highest BCUT2D eigenvalue weighted by Gasteiger charge is 2.10. The molecule has 2 rings (SSSR count). The van der Waals surface area contributed by atoms with Crippen LogP contribution in [0.5, 0.6) is 0 Å². The van der Waals surface area contributed by atoms with Gasteiger partial charge in [0.15, 0.2) is 0 Å². The Morgan fingerprint density at radius 2 is 1.95 bits per heavy atom. The molecule has 0 saturated heterocycles. The fourth-order valence-electron chi connectivity index (χ4n) is 2.37. The van der Waals surface area contributed by atoms with Crippen molar-refractivity contribution in [1.29, 1.82) is 0 Å². The van der Waals surface area contributed by atoms with Gasteiger partial charge in [0.05, 0.1) is 0 Å². The summed E-state index contributed by atoms with van der Waals surface area (Å²) in [6.45, 7) is 4.83. The zero-order valence-corrected chi connectivity index (χ0v) is 12.6.